The molecule has 0 aliphatic rings. The van der Waals surface area contributed by atoms with Crippen LogP contribution in [0, 0.1) is 0 Å². The largest absolute Gasteiger partial charge is 0.456 e. The second-order valence-electron chi connectivity index (χ2n) is 9.26. The Morgan fingerprint density at radius 1 is 0.927 bits per heavy atom. The summed E-state index contributed by atoms with van der Waals surface area (Å²) in [6.07, 6.45) is 4.93. The smallest absolute Gasteiger partial charge is 0.259 e. The predicted molar refractivity (Wildman–Crippen MR) is 159 cm³/mol. The van der Waals surface area contributed by atoms with Crippen LogP contribution < -0.4 is 15.8 Å². The number of hydrogen-bond acceptors (Lipinski definition) is 6. The summed E-state index contributed by atoms with van der Waals surface area (Å²) in [6.45, 7) is 5.18. The Kier molecular flexibility index (Phi) is 8.05. The van der Waals surface area contributed by atoms with Crippen LogP contribution in [0.25, 0.3) is 16.9 Å². The second kappa shape index (κ2) is 12.2. The van der Waals surface area contributed by atoms with Gasteiger partial charge in [-0.15, -0.1) is 0 Å². The number of nitrogen functional groups attached to an aromatic ring is 1. The molecule has 0 spiro atoms. The Hall–Kier alpha value is -5.44. The average Bonchev–Trinajstić information content (AvgIpc) is 3.44. The van der Waals surface area contributed by atoms with E-state index in [0.717, 1.165) is 5.56 Å². The summed E-state index contributed by atoms with van der Waals surface area (Å²) in [6, 6.07) is 25.2. The van der Waals surface area contributed by atoms with E-state index < -0.39 is 0 Å². The van der Waals surface area contributed by atoms with Gasteiger partial charge in [-0.2, -0.15) is 5.10 Å². The number of carbonyl (C=O) groups is 2. The molecule has 2 aromatic heterocycles. The molecule has 0 aliphatic heterocycles. The van der Waals surface area contributed by atoms with Crippen molar-refractivity contribution in [1.29, 1.82) is 0 Å². The monoisotopic (exact) mass is 546 g/mol. The van der Waals surface area contributed by atoms with Crippen molar-refractivity contribution in [3.63, 3.8) is 0 Å². The SMILES string of the molecule is CCN(CC)C(=O)c1ccc(-n2cc(C(=O)Nc3cc(N)cc(Oc4cccnc4)c3)c(-c3ccccc3)n2)cc1. The third kappa shape index (κ3) is 6.25. The number of aromatic nitrogens is 3. The topological polar surface area (TPSA) is 115 Å². The van der Waals surface area contributed by atoms with E-state index in [-0.39, 0.29) is 11.8 Å². The lowest BCUT2D eigenvalue weighted by Gasteiger charge is -2.18. The van der Waals surface area contributed by atoms with Gasteiger partial charge in [-0.1, -0.05) is 30.3 Å². The minimum Gasteiger partial charge on any atom is -0.456 e. The first kappa shape index (κ1) is 27.1. The van der Waals surface area contributed by atoms with E-state index in [1.807, 2.05) is 56.3 Å². The van der Waals surface area contributed by atoms with Gasteiger partial charge in [0.2, 0.25) is 0 Å². The van der Waals surface area contributed by atoms with Crippen molar-refractivity contribution in [2.45, 2.75) is 13.8 Å². The molecule has 5 rings (SSSR count). The van der Waals surface area contributed by atoms with E-state index in [9.17, 15) is 9.59 Å². The molecule has 0 saturated carbocycles. The highest BCUT2D eigenvalue weighted by molar-refractivity contribution is 6.08. The molecular weight excluding hydrogens is 516 g/mol. The number of hydrogen-bond donors (Lipinski definition) is 2. The number of nitrogens with zero attached hydrogens (tertiary/aromatic N) is 4. The number of rotatable bonds is 9. The van der Waals surface area contributed by atoms with E-state index in [1.165, 1.54) is 0 Å². The number of ether oxygens (including phenoxy) is 1. The van der Waals surface area contributed by atoms with Gasteiger partial charge in [0.15, 0.2) is 0 Å². The Morgan fingerprint density at radius 2 is 1.68 bits per heavy atom. The minimum atomic E-state index is -0.360. The zero-order chi connectivity index (χ0) is 28.8. The molecule has 0 unspecified atom stereocenters. The van der Waals surface area contributed by atoms with Gasteiger partial charge >= 0.3 is 0 Å². The van der Waals surface area contributed by atoms with Gasteiger partial charge in [0.05, 0.1) is 17.4 Å². The number of nitrogens with one attached hydrogen (secondary N) is 1. The number of carbonyl (C=O) groups excluding carboxylic acids is 2. The van der Waals surface area contributed by atoms with E-state index in [2.05, 4.69) is 10.3 Å². The maximum atomic E-state index is 13.6. The van der Waals surface area contributed by atoms with Crippen LogP contribution in [0.5, 0.6) is 11.5 Å². The quantitative estimate of drug-likeness (QED) is 0.218. The number of nitrogens with two attached hydrogens (primary N) is 1. The molecule has 0 fully saturated rings. The Bertz CT molecular complexity index is 1650. The molecule has 3 N–H and O–H groups in total. The molecule has 0 radical (unpaired) electrons. The molecule has 41 heavy (non-hydrogen) atoms. The molecule has 206 valence electrons. The molecule has 3 aromatic carbocycles. The molecule has 2 amide bonds. The molecule has 0 saturated heterocycles. The van der Waals surface area contributed by atoms with E-state index >= 15 is 0 Å². The van der Waals surface area contributed by atoms with Gasteiger partial charge in [0, 0.05) is 60.1 Å². The summed E-state index contributed by atoms with van der Waals surface area (Å²) in [7, 11) is 0. The Morgan fingerprint density at radius 3 is 2.37 bits per heavy atom. The van der Waals surface area contributed by atoms with E-state index in [0.29, 0.717) is 58.5 Å². The van der Waals surface area contributed by atoms with Gasteiger partial charge in [0.1, 0.15) is 17.2 Å². The molecular formula is C32H30N6O3. The second-order valence-corrected chi connectivity index (χ2v) is 9.26. The number of anilines is 2. The first-order valence-corrected chi connectivity index (χ1v) is 13.3. The fourth-order valence-electron chi connectivity index (χ4n) is 4.43. The molecule has 9 heteroatoms. The van der Waals surface area contributed by atoms with Crippen molar-refractivity contribution in [2.24, 2.45) is 0 Å². The average molecular weight is 547 g/mol. The fourth-order valence-corrected chi connectivity index (χ4v) is 4.43. The Labute approximate surface area is 238 Å². The van der Waals surface area contributed by atoms with Gasteiger partial charge in [0.25, 0.3) is 11.8 Å². The number of benzene rings is 3. The van der Waals surface area contributed by atoms with Crippen molar-refractivity contribution in [3.05, 3.63) is 115 Å². The summed E-state index contributed by atoms with van der Waals surface area (Å²) in [4.78, 5) is 32.2. The third-order valence-electron chi connectivity index (χ3n) is 6.49. The lowest BCUT2D eigenvalue weighted by Crippen LogP contribution is -2.30. The van der Waals surface area contributed by atoms with Crippen molar-refractivity contribution in [3.8, 4) is 28.4 Å². The first-order chi connectivity index (χ1) is 19.9. The zero-order valence-corrected chi connectivity index (χ0v) is 22.8. The van der Waals surface area contributed by atoms with Crippen LogP contribution in [0.2, 0.25) is 0 Å². The first-order valence-electron chi connectivity index (χ1n) is 13.3. The summed E-state index contributed by atoms with van der Waals surface area (Å²) < 4.78 is 7.50. The van der Waals surface area contributed by atoms with E-state index in [1.54, 1.807) is 70.6 Å². The van der Waals surface area contributed by atoms with Gasteiger partial charge in [-0.05, 0) is 56.3 Å². The fraction of sp³-hybridized carbons (Fsp3) is 0.125. The lowest BCUT2D eigenvalue weighted by atomic mass is 10.1. The van der Waals surface area contributed by atoms with Crippen LogP contribution in [0.1, 0.15) is 34.6 Å². The lowest BCUT2D eigenvalue weighted by molar-refractivity contribution is 0.0772. The Balaban J connectivity index is 1.44. The van der Waals surface area contributed by atoms with Crippen LogP contribution >= 0.6 is 0 Å². The van der Waals surface area contributed by atoms with E-state index in [4.69, 9.17) is 15.6 Å². The molecule has 0 atom stereocenters. The minimum absolute atomic E-state index is 0.0268. The summed E-state index contributed by atoms with van der Waals surface area (Å²) in [5, 5.41) is 7.68. The van der Waals surface area contributed by atoms with Crippen LogP contribution in [0.4, 0.5) is 11.4 Å². The summed E-state index contributed by atoms with van der Waals surface area (Å²) in [5.74, 6) is 0.627. The van der Waals surface area contributed by atoms with Gasteiger partial charge in [-0.25, -0.2) is 4.68 Å². The molecule has 0 bridgehead atoms. The van der Waals surface area contributed by atoms with Crippen molar-refractivity contribution in [1.82, 2.24) is 19.7 Å². The molecule has 0 aliphatic carbocycles. The van der Waals surface area contributed by atoms with Crippen molar-refractivity contribution < 1.29 is 14.3 Å². The summed E-state index contributed by atoms with van der Waals surface area (Å²) in [5.41, 5.74) is 10.00. The normalized spacial score (nSPS) is 10.7. The molecule has 2 heterocycles. The van der Waals surface area contributed by atoms with Crippen molar-refractivity contribution >= 4 is 23.2 Å². The third-order valence-corrected chi connectivity index (χ3v) is 6.49. The highest BCUT2D eigenvalue weighted by Crippen LogP contribution is 2.29. The zero-order valence-electron chi connectivity index (χ0n) is 22.8. The number of amides is 2. The maximum Gasteiger partial charge on any atom is 0.259 e. The van der Waals surface area contributed by atoms with Crippen LogP contribution in [0.15, 0.2) is 104 Å². The number of pyridine rings is 1. The standard InChI is InChI=1S/C32H30N6O3/c1-3-37(4-2)32(40)23-12-14-26(15-13-23)38-21-29(30(36-38)22-9-6-5-7-10-22)31(39)35-25-17-24(33)18-28(19-25)41-27-11-8-16-34-20-27/h5-21H,3-4,33H2,1-2H3,(H,35,39). The summed E-state index contributed by atoms with van der Waals surface area (Å²) >= 11 is 0. The van der Waals surface area contributed by atoms with Crippen molar-refractivity contribution in [2.75, 3.05) is 24.1 Å². The highest BCUT2D eigenvalue weighted by Gasteiger charge is 2.20. The molecule has 5 aromatic rings. The van der Waals surface area contributed by atoms with Crippen LogP contribution in [-0.4, -0.2) is 44.6 Å². The highest BCUT2D eigenvalue weighted by atomic mass is 16.5. The van der Waals surface area contributed by atoms with Crippen LogP contribution in [0.3, 0.4) is 0 Å². The molecule has 9 nitrogen and oxygen atoms in total. The van der Waals surface area contributed by atoms with Gasteiger partial charge in [-0.3, -0.25) is 14.6 Å². The maximum absolute atomic E-state index is 13.6. The predicted octanol–water partition coefficient (Wildman–Crippen LogP) is 6.04. The van der Waals surface area contributed by atoms with Crippen LogP contribution in [-0.2, 0) is 0 Å². The van der Waals surface area contributed by atoms with Gasteiger partial charge < -0.3 is 20.7 Å².